The van der Waals surface area contributed by atoms with E-state index in [1.54, 1.807) is 0 Å². The molecule has 2 aromatic heterocycles. The Morgan fingerprint density at radius 1 is 1.27 bits per heavy atom. The maximum Gasteiger partial charge on any atom is 0.219 e. The number of aromatic nitrogens is 2. The van der Waals surface area contributed by atoms with Crippen LogP contribution in [0.3, 0.4) is 0 Å². The van der Waals surface area contributed by atoms with Crippen molar-refractivity contribution in [2.45, 2.75) is 6.10 Å². The van der Waals surface area contributed by atoms with Crippen molar-refractivity contribution in [1.29, 1.82) is 0 Å². The normalized spacial score (nSPS) is 12.6. The minimum atomic E-state index is -1.01. The molecular formula is C14H9BrCl2N2O2S. The van der Waals surface area contributed by atoms with E-state index in [4.69, 9.17) is 27.9 Å². The number of pyridine rings is 1. The Labute approximate surface area is 148 Å². The lowest BCUT2D eigenvalue weighted by molar-refractivity contribution is 0.217. The number of rotatable bonds is 3. The van der Waals surface area contributed by atoms with E-state index in [-0.39, 0.29) is 9.62 Å². The van der Waals surface area contributed by atoms with Crippen molar-refractivity contribution in [2.24, 2.45) is 0 Å². The molecule has 0 spiro atoms. The number of fused-ring (bicyclic) bond motifs is 1. The lowest BCUT2D eigenvalue weighted by Gasteiger charge is -2.14. The van der Waals surface area contributed by atoms with Gasteiger partial charge in [0.05, 0.1) is 17.5 Å². The molecule has 0 radical (unpaired) electrons. The molecule has 114 valence electrons. The molecule has 4 nitrogen and oxygen atoms in total. The van der Waals surface area contributed by atoms with Gasteiger partial charge < -0.3 is 9.84 Å². The zero-order chi connectivity index (χ0) is 15.9. The first-order valence-electron chi connectivity index (χ1n) is 6.13. The van der Waals surface area contributed by atoms with Crippen molar-refractivity contribution in [3.05, 3.63) is 48.8 Å². The summed E-state index contributed by atoms with van der Waals surface area (Å²) in [6, 6.07) is 7.50. The molecule has 1 aromatic carbocycles. The number of methoxy groups -OCH3 is 1. The summed E-state index contributed by atoms with van der Waals surface area (Å²) in [5.41, 5.74) is 1.28. The Hall–Kier alpha value is -0.920. The first-order chi connectivity index (χ1) is 10.5. The summed E-state index contributed by atoms with van der Waals surface area (Å²) in [5.74, 6) is 0.336. The van der Waals surface area contributed by atoms with E-state index in [1.165, 1.54) is 7.11 Å². The van der Waals surface area contributed by atoms with E-state index in [9.17, 15) is 5.11 Å². The molecule has 3 rings (SSSR count). The van der Waals surface area contributed by atoms with Gasteiger partial charge in [-0.1, -0.05) is 39.1 Å². The highest BCUT2D eigenvalue weighted by molar-refractivity contribution is 9.10. The predicted octanol–water partition coefficient (Wildman–Crippen LogP) is 4.85. The second-order valence-electron chi connectivity index (χ2n) is 4.45. The first-order valence-corrected chi connectivity index (χ1v) is 8.50. The second-order valence-corrected chi connectivity index (χ2v) is 7.33. The van der Waals surface area contributed by atoms with Gasteiger partial charge in [0.1, 0.15) is 11.3 Å². The third kappa shape index (κ3) is 2.94. The average molecular weight is 420 g/mol. The lowest BCUT2D eigenvalue weighted by Crippen LogP contribution is -2.03. The fraction of sp³-hybridized carbons (Fsp3) is 0.143. The van der Waals surface area contributed by atoms with E-state index in [1.807, 2.05) is 24.3 Å². The van der Waals surface area contributed by atoms with Gasteiger partial charge in [-0.3, -0.25) is 0 Å². The first kappa shape index (κ1) is 16.0. The quantitative estimate of drug-likeness (QED) is 0.659. The lowest BCUT2D eigenvalue weighted by atomic mass is 10.1. The number of benzene rings is 1. The molecule has 0 saturated carbocycles. The highest BCUT2D eigenvalue weighted by Gasteiger charge is 2.23. The molecule has 1 unspecified atom stereocenters. The van der Waals surface area contributed by atoms with E-state index < -0.39 is 6.10 Å². The molecule has 0 aliphatic heterocycles. The number of hydrogen-bond donors (Lipinski definition) is 1. The summed E-state index contributed by atoms with van der Waals surface area (Å²) in [6.07, 6.45) is -1.01. The molecule has 0 aliphatic rings. The van der Waals surface area contributed by atoms with Gasteiger partial charge in [0.2, 0.25) is 5.88 Å². The van der Waals surface area contributed by atoms with Crippen LogP contribution in [0.25, 0.3) is 10.9 Å². The summed E-state index contributed by atoms with van der Waals surface area (Å²) in [4.78, 5) is 8.79. The van der Waals surface area contributed by atoms with Gasteiger partial charge in [0.15, 0.2) is 4.47 Å². The second kappa shape index (κ2) is 6.29. The number of nitrogens with zero attached hydrogens (tertiary/aromatic N) is 2. The molecule has 0 saturated heterocycles. The SMILES string of the molecule is COc1nc2ccc(Br)cc2cc1C(O)c1sc(Cl)nc1Cl. The van der Waals surface area contributed by atoms with Gasteiger partial charge in [-0.25, -0.2) is 9.97 Å². The molecule has 0 bridgehead atoms. The van der Waals surface area contributed by atoms with Gasteiger partial charge in [-0.2, -0.15) is 0 Å². The molecule has 0 amide bonds. The van der Waals surface area contributed by atoms with Crippen molar-refractivity contribution in [1.82, 2.24) is 9.97 Å². The van der Waals surface area contributed by atoms with Crippen LogP contribution in [0, 0.1) is 0 Å². The molecule has 8 heteroatoms. The van der Waals surface area contributed by atoms with E-state index in [0.717, 1.165) is 26.7 Å². The number of aliphatic hydroxyl groups is 1. The van der Waals surface area contributed by atoms with Crippen LogP contribution in [0.5, 0.6) is 5.88 Å². The monoisotopic (exact) mass is 418 g/mol. The third-order valence-corrected chi connectivity index (χ3v) is 5.20. The van der Waals surface area contributed by atoms with Gasteiger partial charge in [0.25, 0.3) is 0 Å². The molecule has 2 heterocycles. The minimum absolute atomic E-state index is 0.180. The van der Waals surface area contributed by atoms with Gasteiger partial charge in [-0.15, -0.1) is 11.3 Å². The molecule has 0 aliphatic carbocycles. The number of aliphatic hydroxyl groups excluding tert-OH is 1. The maximum absolute atomic E-state index is 10.6. The third-order valence-electron chi connectivity index (χ3n) is 3.09. The summed E-state index contributed by atoms with van der Waals surface area (Å²) < 4.78 is 6.49. The molecule has 3 aromatic rings. The van der Waals surface area contributed by atoms with E-state index in [0.29, 0.717) is 16.3 Å². The predicted molar refractivity (Wildman–Crippen MR) is 92.2 cm³/mol. The fourth-order valence-corrected chi connectivity index (χ4v) is 3.90. The van der Waals surface area contributed by atoms with Crippen molar-refractivity contribution >= 4 is 61.4 Å². The zero-order valence-corrected chi connectivity index (χ0v) is 15.1. The maximum atomic E-state index is 10.6. The van der Waals surface area contributed by atoms with Crippen LogP contribution < -0.4 is 4.74 Å². The average Bonchev–Trinajstić information content (AvgIpc) is 2.83. The zero-order valence-electron chi connectivity index (χ0n) is 11.2. The standard InChI is InChI=1S/C14H9BrCl2N2O2S/c1-21-13-8(10(20)11-12(16)19-14(17)22-11)5-6-4-7(15)2-3-9(6)18-13/h2-5,10,20H,1H3. The highest BCUT2D eigenvalue weighted by atomic mass is 79.9. The van der Waals surface area contributed by atoms with Crippen LogP contribution in [0.2, 0.25) is 9.62 Å². The van der Waals surface area contributed by atoms with E-state index >= 15 is 0 Å². The van der Waals surface area contributed by atoms with Gasteiger partial charge in [0, 0.05) is 15.4 Å². The molecule has 1 N–H and O–H groups in total. The van der Waals surface area contributed by atoms with Gasteiger partial charge in [-0.05, 0) is 24.3 Å². The van der Waals surface area contributed by atoms with Crippen molar-refractivity contribution in [3.8, 4) is 5.88 Å². The van der Waals surface area contributed by atoms with Crippen LogP contribution in [-0.2, 0) is 0 Å². The minimum Gasteiger partial charge on any atom is -0.481 e. The summed E-state index contributed by atoms with van der Waals surface area (Å²) >= 11 is 16.4. The summed E-state index contributed by atoms with van der Waals surface area (Å²) in [5, 5.41) is 11.7. The van der Waals surface area contributed by atoms with Crippen LogP contribution in [-0.4, -0.2) is 22.2 Å². The van der Waals surface area contributed by atoms with Crippen LogP contribution in [0.1, 0.15) is 16.5 Å². The summed E-state index contributed by atoms with van der Waals surface area (Å²) in [7, 11) is 1.50. The molecular weight excluding hydrogens is 411 g/mol. The fourth-order valence-electron chi connectivity index (χ4n) is 2.10. The van der Waals surface area contributed by atoms with Crippen LogP contribution in [0.15, 0.2) is 28.7 Å². The largest absolute Gasteiger partial charge is 0.481 e. The van der Waals surface area contributed by atoms with E-state index in [2.05, 4.69) is 25.9 Å². The Kier molecular flexibility index (Phi) is 4.56. The highest BCUT2D eigenvalue weighted by Crippen LogP contribution is 2.39. The Balaban J connectivity index is 2.17. The van der Waals surface area contributed by atoms with Crippen LogP contribution in [0.4, 0.5) is 0 Å². The van der Waals surface area contributed by atoms with Crippen LogP contribution >= 0.6 is 50.5 Å². The summed E-state index contributed by atoms with van der Waals surface area (Å²) in [6.45, 7) is 0. The van der Waals surface area contributed by atoms with Crippen molar-refractivity contribution < 1.29 is 9.84 Å². The Bertz CT molecular complexity index is 856. The topological polar surface area (TPSA) is 55.2 Å². The van der Waals surface area contributed by atoms with Crippen molar-refractivity contribution in [3.63, 3.8) is 0 Å². The van der Waals surface area contributed by atoms with Gasteiger partial charge >= 0.3 is 0 Å². The molecule has 22 heavy (non-hydrogen) atoms. The number of halogens is 3. The number of thiazole rings is 1. The Morgan fingerprint density at radius 3 is 2.68 bits per heavy atom. The van der Waals surface area contributed by atoms with Crippen molar-refractivity contribution in [2.75, 3.05) is 7.11 Å². The molecule has 1 atom stereocenters. The molecule has 0 fully saturated rings. The Morgan fingerprint density at radius 2 is 2.05 bits per heavy atom. The smallest absolute Gasteiger partial charge is 0.219 e. The number of hydrogen-bond acceptors (Lipinski definition) is 5. The number of ether oxygens (including phenoxy) is 1.